The Morgan fingerprint density at radius 3 is 2.50 bits per heavy atom. The molecule has 0 unspecified atom stereocenters. The first-order chi connectivity index (χ1) is 9.47. The molecule has 1 aromatic carbocycles. The number of nitrogens with two attached hydrogens (primary N) is 1. The zero-order valence-corrected chi connectivity index (χ0v) is 11.0. The standard InChI is InChI=1S/C13H10FN3O2S/c14-9-5-7(12(15)20)1-3-10(9)17-13(19)8-2-4-11(18)16-6-8/h1-6H,(H2,15,20)(H,16,18)(H,17,19). The summed E-state index contributed by atoms with van der Waals surface area (Å²) in [5.74, 6) is -1.18. The van der Waals surface area contributed by atoms with Gasteiger partial charge in [0, 0.05) is 17.8 Å². The van der Waals surface area contributed by atoms with E-state index in [4.69, 9.17) is 18.0 Å². The van der Waals surface area contributed by atoms with Crippen LogP contribution in [0, 0.1) is 5.82 Å². The fourth-order valence-corrected chi connectivity index (χ4v) is 1.64. The average molecular weight is 291 g/mol. The van der Waals surface area contributed by atoms with E-state index in [-0.39, 0.29) is 21.8 Å². The molecule has 0 aliphatic carbocycles. The summed E-state index contributed by atoms with van der Waals surface area (Å²) in [6.45, 7) is 0. The normalized spacial score (nSPS) is 10.1. The molecule has 7 heteroatoms. The number of halogens is 1. The molecule has 2 rings (SSSR count). The molecular weight excluding hydrogens is 281 g/mol. The lowest BCUT2D eigenvalue weighted by atomic mass is 10.2. The van der Waals surface area contributed by atoms with Crippen LogP contribution >= 0.6 is 12.2 Å². The Kier molecular flexibility index (Phi) is 3.90. The number of thiocarbonyl (C=S) groups is 1. The Bertz CT molecular complexity index is 722. The van der Waals surface area contributed by atoms with Gasteiger partial charge in [-0.25, -0.2) is 4.39 Å². The van der Waals surface area contributed by atoms with E-state index in [0.29, 0.717) is 5.56 Å². The van der Waals surface area contributed by atoms with Crippen LogP contribution in [0.25, 0.3) is 0 Å². The molecule has 1 amide bonds. The Labute approximate surface area is 118 Å². The number of carbonyl (C=O) groups is 1. The van der Waals surface area contributed by atoms with Gasteiger partial charge >= 0.3 is 0 Å². The van der Waals surface area contributed by atoms with Crippen LogP contribution in [0.15, 0.2) is 41.3 Å². The van der Waals surface area contributed by atoms with Gasteiger partial charge in [0.2, 0.25) is 5.56 Å². The molecule has 0 fully saturated rings. The predicted octanol–water partition coefficient (Wildman–Crippen LogP) is 1.40. The molecular formula is C13H10FN3O2S. The fourth-order valence-electron chi connectivity index (χ4n) is 1.52. The van der Waals surface area contributed by atoms with Crippen LogP contribution in [0.4, 0.5) is 10.1 Å². The first kappa shape index (κ1) is 13.9. The quantitative estimate of drug-likeness (QED) is 0.746. The molecule has 0 aliphatic heterocycles. The van der Waals surface area contributed by atoms with Crippen LogP contribution in [0.1, 0.15) is 15.9 Å². The highest BCUT2D eigenvalue weighted by Crippen LogP contribution is 2.16. The molecule has 0 saturated carbocycles. The van der Waals surface area contributed by atoms with Crippen molar-refractivity contribution in [2.75, 3.05) is 5.32 Å². The number of amides is 1. The third-order valence-electron chi connectivity index (χ3n) is 2.55. The van der Waals surface area contributed by atoms with E-state index in [2.05, 4.69) is 10.3 Å². The highest BCUT2D eigenvalue weighted by Gasteiger charge is 2.10. The van der Waals surface area contributed by atoms with Gasteiger partial charge in [-0.2, -0.15) is 0 Å². The predicted molar refractivity (Wildman–Crippen MR) is 77.3 cm³/mol. The lowest BCUT2D eigenvalue weighted by Gasteiger charge is -2.07. The summed E-state index contributed by atoms with van der Waals surface area (Å²) in [6, 6.07) is 6.57. The van der Waals surface area contributed by atoms with E-state index in [9.17, 15) is 14.0 Å². The molecule has 2 aromatic rings. The topological polar surface area (TPSA) is 88.0 Å². The van der Waals surface area contributed by atoms with E-state index in [0.717, 1.165) is 6.07 Å². The number of hydrogen-bond donors (Lipinski definition) is 3. The minimum Gasteiger partial charge on any atom is -0.389 e. The van der Waals surface area contributed by atoms with Crippen molar-refractivity contribution in [2.24, 2.45) is 5.73 Å². The number of rotatable bonds is 3. The molecule has 1 aromatic heterocycles. The number of H-pyrrole nitrogens is 1. The van der Waals surface area contributed by atoms with Crippen LogP contribution in [0.5, 0.6) is 0 Å². The SMILES string of the molecule is NC(=S)c1ccc(NC(=O)c2ccc(=O)[nH]c2)c(F)c1. The van der Waals surface area contributed by atoms with Crippen LogP contribution in [0.2, 0.25) is 0 Å². The van der Waals surface area contributed by atoms with Gasteiger partial charge < -0.3 is 16.0 Å². The maximum atomic E-state index is 13.8. The number of aromatic nitrogens is 1. The first-order valence-electron chi connectivity index (χ1n) is 5.57. The first-order valence-corrected chi connectivity index (χ1v) is 5.97. The summed E-state index contributed by atoms with van der Waals surface area (Å²) in [4.78, 5) is 25.2. The molecule has 20 heavy (non-hydrogen) atoms. The lowest BCUT2D eigenvalue weighted by molar-refractivity contribution is 0.102. The summed E-state index contributed by atoms with van der Waals surface area (Å²) < 4.78 is 13.8. The molecule has 0 saturated heterocycles. The third-order valence-corrected chi connectivity index (χ3v) is 2.78. The van der Waals surface area contributed by atoms with Crippen molar-refractivity contribution < 1.29 is 9.18 Å². The molecule has 102 valence electrons. The van der Waals surface area contributed by atoms with Crippen molar-refractivity contribution in [3.05, 3.63) is 63.8 Å². The molecule has 0 bridgehead atoms. The summed E-state index contributed by atoms with van der Waals surface area (Å²) in [6.07, 6.45) is 1.25. The molecule has 5 nitrogen and oxygen atoms in total. The van der Waals surface area contributed by atoms with Crippen LogP contribution in [0.3, 0.4) is 0 Å². The zero-order chi connectivity index (χ0) is 14.7. The second kappa shape index (κ2) is 5.62. The number of anilines is 1. The number of carbonyl (C=O) groups excluding carboxylic acids is 1. The largest absolute Gasteiger partial charge is 0.389 e. The lowest BCUT2D eigenvalue weighted by Crippen LogP contribution is -2.16. The number of aromatic amines is 1. The zero-order valence-electron chi connectivity index (χ0n) is 10.1. The van der Waals surface area contributed by atoms with Gasteiger partial charge in [-0.3, -0.25) is 9.59 Å². The Hall–Kier alpha value is -2.54. The fraction of sp³-hybridized carbons (Fsp3) is 0. The molecule has 0 aliphatic rings. The number of benzene rings is 1. The number of nitrogens with one attached hydrogen (secondary N) is 2. The van der Waals surface area contributed by atoms with Crippen molar-refractivity contribution in [2.45, 2.75) is 0 Å². The monoisotopic (exact) mass is 291 g/mol. The van der Waals surface area contributed by atoms with Gasteiger partial charge in [-0.15, -0.1) is 0 Å². The summed E-state index contributed by atoms with van der Waals surface area (Å²) in [5, 5.41) is 2.39. The van der Waals surface area contributed by atoms with Crippen molar-refractivity contribution >= 4 is 28.8 Å². The van der Waals surface area contributed by atoms with Crippen molar-refractivity contribution in [1.82, 2.24) is 4.98 Å². The highest BCUT2D eigenvalue weighted by molar-refractivity contribution is 7.80. The van der Waals surface area contributed by atoms with E-state index >= 15 is 0 Å². The Balaban J connectivity index is 2.21. The number of pyridine rings is 1. The summed E-state index contributed by atoms with van der Waals surface area (Å²) >= 11 is 4.73. The van der Waals surface area contributed by atoms with Crippen molar-refractivity contribution in [3.63, 3.8) is 0 Å². The van der Waals surface area contributed by atoms with Crippen LogP contribution < -0.4 is 16.6 Å². The minimum absolute atomic E-state index is 0.00111. The van der Waals surface area contributed by atoms with Gasteiger partial charge in [-0.05, 0) is 24.3 Å². The number of hydrogen-bond acceptors (Lipinski definition) is 3. The second-order valence-electron chi connectivity index (χ2n) is 3.95. The van der Waals surface area contributed by atoms with Crippen LogP contribution in [-0.2, 0) is 0 Å². The maximum absolute atomic E-state index is 13.8. The van der Waals surface area contributed by atoms with E-state index in [1.54, 1.807) is 0 Å². The third kappa shape index (κ3) is 3.07. The summed E-state index contributed by atoms with van der Waals surface area (Å²) in [7, 11) is 0. The van der Waals surface area contributed by atoms with Gasteiger partial charge in [0.25, 0.3) is 5.91 Å². The van der Waals surface area contributed by atoms with Crippen molar-refractivity contribution in [1.29, 1.82) is 0 Å². The minimum atomic E-state index is -0.645. The average Bonchev–Trinajstić information content (AvgIpc) is 2.41. The maximum Gasteiger partial charge on any atom is 0.257 e. The smallest absolute Gasteiger partial charge is 0.257 e. The second-order valence-corrected chi connectivity index (χ2v) is 4.39. The van der Waals surface area contributed by atoms with Crippen LogP contribution in [-0.4, -0.2) is 15.9 Å². The molecule has 0 radical (unpaired) electrons. The molecule has 1 heterocycles. The van der Waals surface area contributed by atoms with Gasteiger partial charge in [0.15, 0.2) is 0 Å². The van der Waals surface area contributed by atoms with Gasteiger partial charge in [0.05, 0.1) is 11.3 Å². The van der Waals surface area contributed by atoms with E-state index < -0.39 is 11.7 Å². The van der Waals surface area contributed by atoms with Gasteiger partial charge in [0.1, 0.15) is 10.8 Å². The van der Waals surface area contributed by atoms with Crippen molar-refractivity contribution in [3.8, 4) is 0 Å². The molecule has 0 spiro atoms. The molecule has 4 N–H and O–H groups in total. The molecule has 0 atom stereocenters. The van der Waals surface area contributed by atoms with E-state index in [1.165, 1.54) is 30.5 Å². The Morgan fingerprint density at radius 2 is 1.95 bits per heavy atom. The van der Waals surface area contributed by atoms with Gasteiger partial charge in [-0.1, -0.05) is 12.2 Å². The van der Waals surface area contributed by atoms with E-state index in [1.807, 2.05) is 0 Å². The Morgan fingerprint density at radius 1 is 1.25 bits per heavy atom. The highest BCUT2D eigenvalue weighted by atomic mass is 32.1. The summed E-state index contributed by atoms with van der Waals surface area (Å²) in [5.41, 5.74) is 5.64.